The summed E-state index contributed by atoms with van der Waals surface area (Å²) in [5, 5.41) is 2.71. The van der Waals surface area contributed by atoms with E-state index in [1.165, 1.54) is 37.1 Å². The molecule has 0 aromatic heterocycles. The van der Waals surface area contributed by atoms with Crippen LogP contribution in [0.4, 0.5) is 10.1 Å². The van der Waals surface area contributed by atoms with Crippen LogP contribution in [0.25, 0.3) is 0 Å². The van der Waals surface area contributed by atoms with Gasteiger partial charge in [0.25, 0.3) is 5.91 Å². The number of benzene rings is 2. The minimum atomic E-state index is -0.479. The molecule has 0 bridgehead atoms. The number of methoxy groups -OCH3 is 1. The third kappa shape index (κ3) is 4.03. The van der Waals surface area contributed by atoms with E-state index in [9.17, 15) is 9.18 Å². The molecule has 112 valence electrons. The van der Waals surface area contributed by atoms with Gasteiger partial charge in [-0.2, -0.15) is 0 Å². The van der Waals surface area contributed by atoms with Gasteiger partial charge in [-0.15, -0.1) is 18.2 Å². The lowest BCUT2D eigenvalue weighted by atomic mass is 10.2. The first-order chi connectivity index (χ1) is 10.6. The second-order valence-corrected chi connectivity index (χ2v) is 5.37. The van der Waals surface area contributed by atoms with Crippen molar-refractivity contribution in [2.45, 2.75) is 4.90 Å². The zero-order valence-electron chi connectivity index (χ0n) is 11.9. The Labute approximate surface area is 132 Å². The molecule has 3 nitrogen and oxygen atoms in total. The van der Waals surface area contributed by atoms with Crippen molar-refractivity contribution in [3.63, 3.8) is 0 Å². The lowest BCUT2D eigenvalue weighted by molar-refractivity contribution is 0.102. The van der Waals surface area contributed by atoms with E-state index < -0.39 is 5.82 Å². The van der Waals surface area contributed by atoms with E-state index >= 15 is 0 Å². The number of nitrogens with one attached hydrogen (secondary N) is 1. The predicted molar refractivity (Wildman–Crippen MR) is 86.9 cm³/mol. The summed E-state index contributed by atoms with van der Waals surface area (Å²) in [5.74, 6) is 2.40. The molecular weight excluding hydrogens is 301 g/mol. The maximum Gasteiger partial charge on any atom is 0.255 e. The maximum absolute atomic E-state index is 13.3. The van der Waals surface area contributed by atoms with E-state index in [2.05, 4.69) is 11.2 Å². The topological polar surface area (TPSA) is 38.3 Å². The van der Waals surface area contributed by atoms with Crippen LogP contribution in [0.3, 0.4) is 0 Å². The third-order valence-corrected chi connectivity index (χ3v) is 3.73. The average molecular weight is 315 g/mol. The standard InChI is InChI=1S/C17H14FNO2S/c1-3-9-22-14-6-4-5-12(10-14)17(20)19-13-7-8-15(18)16(11-13)21-2/h1,4-8,10-11H,9H2,2H3,(H,19,20). The number of terminal acetylenes is 1. The lowest BCUT2D eigenvalue weighted by Gasteiger charge is -2.08. The second-order valence-electron chi connectivity index (χ2n) is 4.32. The summed E-state index contributed by atoms with van der Waals surface area (Å²) in [6.07, 6.45) is 5.22. The number of carbonyl (C=O) groups is 1. The van der Waals surface area contributed by atoms with Crippen LogP contribution < -0.4 is 10.1 Å². The summed E-state index contributed by atoms with van der Waals surface area (Å²) < 4.78 is 18.2. The highest BCUT2D eigenvalue weighted by atomic mass is 32.2. The molecule has 0 aliphatic rings. The average Bonchev–Trinajstić information content (AvgIpc) is 2.55. The monoisotopic (exact) mass is 315 g/mol. The minimum absolute atomic E-state index is 0.0797. The van der Waals surface area contributed by atoms with Gasteiger partial charge in [0.15, 0.2) is 11.6 Å². The van der Waals surface area contributed by atoms with Gasteiger partial charge in [-0.1, -0.05) is 12.0 Å². The molecule has 0 atom stereocenters. The first-order valence-corrected chi connectivity index (χ1v) is 7.44. The molecule has 0 heterocycles. The molecule has 0 saturated heterocycles. The molecule has 5 heteroatoms. The van der Waals surface area contributed by atoms with Crippen molar-refractivity contribution in [1.29, 1.82) is 0 Å². The summed E-state index contributed by atoms with van der Waals surface area (Å²) in [6.45, 7) is 0. The van der Waals surface area contributed by atoms with E-state index in [0.29, 0.717) is 17.0 Å². The van der Waals surface area contributed by atoms with E-state index in [-0.39, 0.29) is 11.7 Å². The van der Waals surface area contributed by atoms with Crippen LogP contribution in [-0.4, -0.2) is 18.8 Å². The summed E-state index contributed by atoms with van der Waals surface area (Å²) >= 11 is 1.48. The van der Waals surface area contributed by atoms with Gasteiger partial charge in [-0.3, -0.25) is 4.79 Å². The van der Waals surface area contributed by atoms with Crippen molar-refractivity contribution in [2.24, 2.45) is 0 Å². The molecule has 2 aromatic carbocycles. The quantitative estimate of drug-likeness (QED) is 0.673. The predicted octanol–water partition coefficient (Wildman–Crippen LogP) is 3.81. The molecule has 22 heavy (non-hydrogen) atoms. The van der Waals surface area contributed by atoms with Gasteiger partial charge in [0.2, 0.25) is 0 Å². The molecule has 2 rings (SSSR count). The first-order valence-electron chi connectivity index (χ1n) is 6.45. The Kier molecular flexibility index (Phi) is 5.45. The summed E-state index contributed by atoms with van der Waals surface area (Å²) in [6, 6.07) is 11.3. The largest absolute Gasteiger partial charge is 0.494 e. The van der Waals surface area contributed by atoms with Gasteiger partial charge >= 0.3 is 0 Å². The molecule has 2 aromatic rings. The van der Waals surface area contributed by atoms with Crippen molar-refractivity contribution < 1.29 is 13.9 Å². The van der Waals surface area contributed by atoms with E-state index in [1.54, 1.807) is 18.2 Å². The smallest absolute Gasteiger partial charge is 0.255 e. The highest BCUT2D eigenvalue weighted by Gasteiger charge is 2.09. The summed E-state index contributed by atoms with van der Waals surface area (Å²) in [5.41, 5.74) is 0.968. The molecule has 1 N–H and O–H groups in total. The molecule has 0 saturated carbocycles. The fraction of sp³-hybridized carbons (Fsp3) is 0.118. The SMILES string of the molecule is C#CCSc1cccc(C(=O)Nc2ccc(F)c(OC)c2)c1. The van der Waals surface area contributed by atoms with Crippen LogP contribution >= 0.6 is 11.8 Å². The third-order valence-electron chi connectivity index (χ3n) is 2.83. The Hall–Kier alpha value is -2.45. The normalized spacial score (nSPS) is 9.86. The Morgan fingerprint density at radius 3 is 2.91 bits per heavy atom. The Morgan fingerprint density at radius 2 is 2.18 bits per heavy atom. The van der Waals surface area contributed by atoms with Crippen LogP contribution in [0.15, 0.2) is 47.4 Å². The number of amides is 1. The van der Waals surface area contributed by atoms with Crippen molar-refractivity contribution in [3.8, 4) is 18.1 Å². The van der Waals surface area contributed by atoms with Crippen LogP contribution in [0.2, 0.25) is 0 Å². The zero-order chi connectivity index (χ0) is 15.9. The van der Waals surface area contributed by atoms with Crippen molar-refractivity contribution in [3.05, 3.63) is 53.8 Å². The van der Waals surface area contributed by atoms with Gasteiger partial charge in [0.05, 0.1) is 12.9 Å². The first kappa shape index (κ1) is 15.9. The number of carbonyl (C=O) groups excluding carboxylic acids is 1. The molecule has 0 unspecified atom stereocenters. The second kappa shape index (κ2) is 7.53. The Morgan fingerprint density at radius 1 is 1.36 bits per heavy atom. The fourth-order valence-corrected chi connectivity index (χ4v) is 2.43. The lowest BCUT2D eigenvalue weighted by Crippen LogP contribution is -2.12. The number of thioether (sulfide) groups is 1. The zero-order valence-corrected chi connectivity index (χ0v) is 12.7. The van der Waals surface area contributed by atoms with Crippen LogP contribution in [0.5, 0.6) is 5.75 Å². The van der Waals surface area contributed by atoms with Crippen LogP contribution in [0, 0.1) is 18.2 Å². The maximum atomic E-state index is 13.3. The minimum Gasteiger partial charge on any atom is -0.494 e. The number of halogens is 1. The highest BCUT2D eigenvalue weighted by Crippen LogP contribution is 2.23. The molecular formula is C17H14FNO2S. The fourth-order valence-electron chi connectivity index (χ4n) is 1.79. The number of hydrogen-bond donors (Lipinski definition) is 1. The molecule has 0 aliphatic heterocycles. The molecule has 0 aliphatic carbocycles. The summed E-state index contributed by atoms with van der Waals surface area (Å²) in [7, 11) is 1.37. The Balaban J connectivity index is 2.14. The van der Waals surface area contributed by atoms with Crippen LogP contribution in [-0.2, 0) is 0 Å². The molecule has 0 fully saturated rings. The van der Waals surface area contributed by atoms with E-state index in [1.807, 2.05) is 6.07 Å². The van der Waals surface area contributed by atoms with Gasteiger partial charge in [0.1, 0.15) is 0 Å². The number of ether oxygens (including phenoxy) is 1. The van der Waals surface area contributed by atoms with E-state index in [4.69, 9.17) is 11.2 Å². The van der Waals surface area contributed by atoms with Gasteiger partial charge in [0, 0.05) is 22.2 Å². The molecule has 0 spiro atoms. The number of hydrogen-bond acceptors (Lipinski definition) is 3. The highest BCUT2D eigenvalue weighted by molar-refractivity contribution is 7.99. The Bertz CT molecular complexity index is 725. The number of rotatable bonds is 5. The van der Waals surface area contributed by atoms with Crippen LogP contribution in [0.1, 0.15) is 10.4 Å². The summed E-state index contributed by atoms with van der Waals surface area (Å²) in [4.78, 5) is 13.1. The van der Waals surface area contributed by atoms with E-state index in [0.717, 1.165) is 4.90 Å². The van der Waals surface area contributed by atoms with Crippen molar-refractivity contribution in [2.75, 3.05) is 18.2 Å². The van der Waals surface area contributed by atoms with Crippen molar-refractivity contribution in [1.82, 2.24) is 0 Å². The number of anilines is 1. The van der Waals surface area contributed by atoms with Gasteiger partial charge in [-0.05, 0) is 30.3 Å². The van der Waals surface area contributed by atoms with Gasteiger partial charge in [-0.25, -0.2) is 4.39 Å². The molecule has 1 amide bonds. The molecule has 0 radical (unpaired) electrons. The van der Waals surface area contributed by atoms with Gasteiger partial charge < -0.3 is 10.1 Å². The van der Waals surface area contributed by atoms with Crippen molar-refractivity contribution >= 4 is 23.4 Å².